The quantitative estimate of drug-likeness (QED) is 0.712. The summed E-state index contributed by atoms with van der Waals surface area (Å²) in [5.74, 6) is 0.925. The highest BCUT2D eigenvalue weighted by Crippen LogP contribution is 2.37. The number of hydrogen-bond donors (Lipinski definition) is 0. The standard InChI is InChI=1S/C13H12N2O/c14-7-9-1-3-11(4-2-9)15-8-10-5-12(15)13(16)6-10/h1-4,10,12H,5-6,8H2/t10-,12+/m1/s1. The van der Waals surface area contributed by atoms with E-state index in [2.05, 4.69) is 11.0 Å². The summed E-state index contributed by atoms with van der Waals surface area (Å²) in [5, 5.41) is 8.72. The lowest BCUT2D eigenvalue weighted by Crippen LogP contribution is -2.38. The molecule has 3 heteroatoms. The summed E-state index contributed by atoms with van der Waals surface area (Å²) in [4.78, 5) is 13.8. The minimum Gasteiger partial charge on any atom is -0.361 e. The van der Waals surface area contributed by atoms with E-state index in [1.165, 1.54) is 0 Å². The van der Waals surface area contributed by atoms with Gasteiger partial charge in [0.2, 0.25) is 0 Å². The van der Waals surface area contributed by atoms with Gasteiger partial charge in [-0.3, -0.25) is 4.79 Å². The zero-order chi connectivity index (χ0) is 11.1. The van der Waals surface area contributed by atoms with Crippen LogP contribution < -0.4 is 4.90 Å². The summed E-state index contributed by atoms with van der Waals surface area (Å²) in [6.07, 6.45) is 1.77. The van der Waals surface area contributed by atoms with E-state index in [0.29, 0.717) is 17.3 Å². The Morgan fingerprint density at radius 1 is 1.31 bits per heavy atom. The molecule has 0 radical (unpaired) electrons. The molecule has 16 heavy (non-hydrogen) atoms. The van der Waals surface area contributed by atoms with Gasteiger partial charge in [-0.15, -0.1) is 0 Å². The minimum absolute atomic E-state index is 0.0953. The van der Waals surface area contributed by atoms with Crippen LogP contribution in [0.5, 0.6) is 0 Å². The summed E-state index contributed by atoms with van der Waals surface area (Å²) < 4.78 is 0. The normalized spacial score (nSPS) is 27.2. The topological polar surface area (TPSA) is 44.1 Å². The van der Waals surface area contributed by atoms with Crippen molar-refractivity contribution in [3.05, 3.63) is 29.8 Å². The first-order valence-corrected chi connectivity index (χ1v) is 5.57. The van der Waals surface area contributed by atoms with E-state index in [1.54, 1.807) is 0 Å². The molecule has 2 bridgehead atoms. The zero-order valence-corrected chi connectivity index (χ0v) is 8.89. The van der Waals surface area contributed by atoms with Crippen LogP contribution in [0.25, 0.3) is 0 Å². The van der Waals surface area contributed by atoms with E-state index >= 15 is 0 Å². The molecule has 2 atom stereocenters. The lowest BCUT2D eigenvalue weighted by atomic mass is 10.1. The zero-order valence-electron chi connectivity index (χ0n) is 8.89. The second-order valence-corrected chi connectivity index (χ2v) is 4.60. The number of rotatable bonds is 1. The fourth-order valence-electron chi connectivity index (χ4n) is 2.81. The largest absolute Gasteiger partial charge is 0.361 e. The first-order chi connectivity index (χ1) is 7.78. The van der Waals surface area contributed by atoms with Crippen LogP contribution in [0.2, 0.25) is 0 Å². The number of piperidine rings is 1. The predicted molar refractivity (Wildman–Crippen MR) is 60.0 cm³/mol. The molecule has 3 rings (SSSR count). The minimum atomic E-state index is 0.0953. The molecule has 2 aliphatic rings. The molecule has 1 saturated heterocycles. The molecule has 1 aliphatic carbocycles. The number of nitrogens with zero attached hydrogens (tertiary/aromatic N) is 2. The van der Waals surface area contributed by atoms with Gasteiger partial charge in [-0.25, -0.2) is 0 Å². The first-order valence-electron chi connectivity index (χ1n) is 5.57. The molecule has 1 saturated carbocycles. The van der Waals surface area contributed by atoms with Crippen molar-refractivity contribution in [1.29, 1.82) is 5.26 Å². The molecule has 1 heterocycles. The van der Waals surface area contributed by atoms with E-state index in [4.69, 9.17) is 5.26 Å². The fourth-order valence-corrected chi connectivity index (χ4v) is 2.81. The number of ketones is 1. The van der Waals surface area contributed by atoms with Crippen LogP contribution in [0.1, 0.15) is 18.4 Å². The molecular weight excluding hydrogens is 200 g/mol. The molecule has 0 N–H and O–H groups in total. The Kier molecular flexibility index (Phi) is 1.97. The van der Waals surface area contributed by atoms with Gasteiger partial charge in [0.05, 0.1) is 17.7 Å². The highest BCUT2D eigenvalue weighted by Gasteiger charge is 2.43. The molecule has 0 amide bonds. The molecule has 1 aromatic carbocycles. The van der Waals surface area contributed by atoms with Crippen molar-refractivity contribution < 1.29 is 4.79 Å². The smallest absolute Gasteiger partial charge is 0.155 e. The molecule has 1 aliphatic heterocycles. The molecule has 1 aromatic rings. The number of Topliss-reactive ketones (excluding diaryl/α,β-unsaturated/α-hetero) is 1. The highest BCUT2D eigenvalue weighted by molar-refractivity contribution is 5.91. The summed E-state index contributed by atoms with van der Waals surface area (Å²) in [5.41, 5.74) is 1.74. The van der Waals surface area contributed by atoms with E-state index < -0.39 is 0 Å². The van der Waals surface area contributed by atoms with Crippen molar-refractivity contribution >= 4 is 11.5 Å². The number of fused-ring (bicyclic) bond motifs is 2. The van der Waals surface area contributed by atoms with Crippen molar-refractivity contribution in [2.45, 2.75) is 18.9 Å². The van der Waals surface area contributed by atoms with Crippen molar-refractivity contribution in [1.82, 2.24) is 0 Å². The number of anilines is 1. The lowest BCUT2D eigenvalue weighted by Gasteiger charge is -2.28. The SMILES string of the molecule is N#Cc1ccc(N2C[C@H]3CC(=O)[C@@H]2C3)cc1. The van der Waals surface area contributed by atoms with Crippen LogP contribution in [0.3, 0.4) is 0 Å². The number of carbonyl (C=O) groups is 1. The van der Waals surface area contributed by atoms with E-state index in [0.717, 1.165) is 25.1 Å². The van der Waals surface area contributed by atoms with Crippen LogP contribution in [0.15, 0.2) is 24.3 Å². The molecule has 0 aromatic heterocycles. The van der Waals surface area contributed by atoms with E-state index in [9.17, 15) is 4.79 Å². The fraction of sp³-hybridized carbons (Fsp3) is 0.385. The third-order valence-corrected chi connectivity index (χ3v) is 3.58. The van der Waals surface area contributed by atoms with Crippen molar-refractivity contribution in [3.8, 4) is 6.07 Å². The van der Waals surface area contributed by atoms with Crippen LogP contribution in [0, 0.1) is 17.2 Å². The first kappa shape index (κ1) is 9.41. The van der Waals surface area contributed by atoms with Crippen LogP contribution in [-0.4, -0.2) is 18.4 Å². The Hall–Kier alpha value is -1.82. The maximum absolute atomic E-state index is 11.6. The third kappa shape index (κ3) is 1.30. The van der Waals surface area contributed by atoms with Gasteiger partial charge >= 0.3 is 0 Å². The van der Waals surface area contributed by atoms with Crippen LogP contribution in [-0.2, 0) is 4.79 Å². The number of benzene rings is 1. The molecule has 0 unspecified atom stereocenters. The Bertz CT molecular complexity index is 472. The average Bonchev–Trinajstić information content (AvgIpc) is 2.88. The number of carbonyl (C=O) groups excluding carboxylic acids is 1. The molecule has 0 spiro atoms. The maximum atomic E-state index is 11.6. The number of nitriles is 1. The third-order valence-electron chi connectivity index (χ3n) is 3.58. The Balaban J connectivity index is 1.88. The maximum Gasteiger partial charge on any atom is 0.155 e. The molecular formula is C13H12N2O. The predicted octanol–water partition coefficient (Wildman–Crippen LogP) is 1.73. The van der Waals surface area contributed by atoms with Gasteiger partial charge in [0.25, 0.3) is 0 Å². The number of hydrogen-bond acceptors (Lipinski definition) is 3. The summed E-state index contributed by atoms with van der Waals surface area (Å²) in [6.45, 7) is 0.988. The van der Waals surface area contributed by atoms with Gasteiger partial charge in [-0.1, -0.05) is 0 Å². The highest BCUT2D eigenvalue weighted by atomic mass is 16.1. The Labute approximate surface area is 94.3 Å². The Morgan fingerprint density at radius 3 is 2.62 bits per heavy atom. The van der Waals surface area contributed by atoms with Crippen molar-refractivity contribution in [3.63, 3.8) is 0 Å². The summed E-state index contributed by atoms with van der Waals surface area (Å²) in [7, 11) is 0. The van der Waals surface area contributed by atoms with Gasteiger partial charge < -0.3 is 4.90 Å². The summed E-state index contributed by atoms with van der Waals surface area (Å²) >= 11 is 0. The van der Waals surface area contributed by atoms with Gasteiger partial charge in [0, 0.05) is 18.7 Å². The van der Waals surface area contributed by atoms with E-state index in [-0.39, 0.29) is 6.04 Å². The second-order valence-electron chi connectivity index (χ2n) is 4.60. The van der Waals surface area contributed by atoms with Gasteiger partial charge in [0.15, 0.2) is 5.78 Å². The average molecular weight is 212 g/mol. The van der Waals surface area contributed by atoms with Crippen LogP contribution >= 0.6 is 0 Å². The van der Waals surface area contributed by atoms with Crippen molar-refractivity contribution in [2.24, 2.45) is 5.92 Å². The molecule has 80 valence electrons. The van der Waals surface area contributed by atoms with Gasteiger partial charge in [-0.05, 0) is 36.6 Å². The molecule has 2 fully saturated rings. The van der Waals surface area contributed by atoms with Gasteiger partial charge in [0.1, 0.15) is 0 Å². The molecule has 3 nitrogen and oxygen atoms in total. The monoisotopic (exact) mass is 212 g/mol. The van der Waals surface area contributed by atoms with Crippen LogP contribution in [0.4, 0.5) is 5.69 Å². The van der Waals surface area contributed by atoms with E-state index in [1.807, 2.05) is 24.3 Å². The second kappa shape index (κ2) is 3.34. The van der Waals surface area contributed by atoms with Crippen molar-refractivity contribution in [2.75, 3.05) is 11.4 Å². The Morgan fingerprint density at radius 2 is 2.06 bits per heavy atom. The van der Waals surface area contributed by atoms with Gasteiger partial charge in [-0.2, -0.15) is 5.26 Å². The lowest BCUT2D eigenvalue weighted by molar-refractivity contribution is -0.119. The summed E-state index contributed by atoms with van der Waals surface area (Å²) in [6, 6.07) is 9.69.